The number of ether oxygens (including phenoxy) is 1. The van der Waals surface area contributed by atoms with Crippen molar-refractivity contribution in [1.29, 1.82) is 0 Å². The van der Waals surface area contributed by atoms with E-state index < -0.39 is 50.6 Å². The highest BCUT2D eigenvalue weighted by atomic mass is 32.2. The Morgan fingerprint density at radius 1 is 1.04 bits per heavy atom. The Morgan fingerprint density at radius 3 is 1.93 bits per heavy atom. The Kier molecular flexibility index (Phi) is 4.21. The zero-order chi connectivity index (χ0) is 20.6. The molecule has 13 heteroatoms. The highest BCUT2D eigenvalue weighted by Crippen LogP contribution is 2.57. The lowest BCUT2D eigenvalue weighted by Gasteiger charge is -2.54. The molecule has 0 aromatic carbocycles. The van der Waals surface area contributed by atoms with E-state index >= 15 is 0 Å². The zero-order valence-electron chi connectivity index (χ0n) is 13.4. The van der Waals surface area contributed by atoms with Crippen LogP contribution in [0.1, 0.15) is 32.1 Å². The van der Waals surface area contributed by atoms with Crippen molar-refractivity contribution in [1.82, 2.24) is 0 Å². The minimum Gasteiger partial charge on any atom is -0.456 e. The van der Waals surface area contributed by atoms with Crippen LogP contribution in [0.15, 0.2) is 0 Å². The fourth-order valence-electron chi connectivity index (χ4n) is 4.64. The Morgan fingerprint density at radius 2 is 1.52 bits per heavy atom. The Balaban J connectivity index is 1.97. The summed E-state index contributed by atoms with van der Waals surface area (Å²) in [6.07, 6.45) is -6.40. The number of alkyl halides is 6. The second-order valence-corrected chi connectivity index (χ2v) is 8.97. The third-order valence-electron chi connectivity index (χ3n) is 5.63. The van der Waals surface area contributed by atoms with E-state index in [0.717, 1.165) is 0 Å². The highest BCUT2D eigenvalue weighted by Gasteiger charge is 2.82. The summed E-state index contributed by atoms with van der Waals surface area (Å²) < 4.78 is 115. The molecule has 0 saturated heterocycles. The molecule has 4 fully saturated rings. The first-order valence-corrected chi connectivity index (χ1v) is 9.36. The fourth-order valence-corrected chi connectivity index (χ4v) is 5.33. The van der Waals surface area contributed by atoms with Gasteiger partial charge in [-0.2, -0.15) is 30.4 Å². The third-order valence-corrected chi connectivity index (χ3v) is 6.76. The molecule has 3 unspecified atom stereocenters. The summed E-state index contributed by atoms with van der Waals surface area (Å²) in [6.45, 7) is 0. The highest BCUT2D eigenvalue weighted by molar-refractivity contribution is 7.88. The van der Waals surface area contributed by atoms with Crippen LogP contribution in [0, 0.1) is 17.8 Å². The van der Waals surface area contributed by atoms with Gasteiger partial charge in [-0.1, -0.05) is 0 Å². The molecule has 0 aromatic rings. The van der Waals surface area contributed by atoms with E-state index in [0.29, 0.717) is 12.8 Å². The predicted molar refractivity (Wildman–Crippen MR) is 73.8 cm³/mol. The average Bonchev–Trinajstić information content (AvgIpc) is 2.47. The molecule has 4 aliphatic rings. The van der Waals surface area contributed by atoms with E-state index in [-0.39, 0.29) is 31.0 Å². The number of hydrogen-bond donors (Lipinski definition) is 1. The standard InChI is InChI=1S/C14H14F6O6S/c15-12(27(23,24)25,13(16,17)14(18,19)20)10(22)26-11-3-6-1-7(4-11)9(21)8(2-6)5-11/h6-8H,1-5H2,(H,23,24,25). The van der Waals surface area contributed by atoms with Crippen molar-refractivity contribution in [3.8, 4) is 0 Å². The second kappa shape index (κ2) is 5.58. The lowest BCUT2D eigenvalue weighted by molar-refractivity contribution is -0.312. The van der Waals surface area contributed by atoms with Crippen LogP contribution in [-0.2, 0) is 24.4 Å². The van der Waals surface area contributed by atoms with Gasteiger partial charge in [-0.25, -0.2) is 9.18 Å². The van der Waals surface area contributed by atoms with Crippen LogP contribution in [0.5, 0.6) is 0 Å². The van der Waals surface area contributed by atoms with Crippen molar-refractivity contribution in [2.45, 2.75) is 54.8 Å². The summed E-state index contributed by atoms with van der Waals surface area (Å²) in [7, 11) is -6.88. The molecule has 0 radical (unpaired) electrons. The van der Waals surface area contributed by atoms with Crippen LogP contribution >= 0.6 is 0 Å². The average molecular weight is 424 g/mol. The summed E-state index contributed by atoms with van der Waals surface area (Å²) in [5.74, 6) is -11.4. The number of carbonyl (C=O) groups is 2. The van der Waals surface area contributed by atoms with Gasteiger partial charge in [0.15, 0.2) is 0 Å². The first-order chi connectivity index (χ1) is 12.0. The summed E-state index contributed by atoms with van der Waals surface area (Å²) in [4.78, 5) is 24.0. The van der Waals surface area contributed by atoms with Crippen molar-refractivity contribution < 1.29 is 53.6 Å². The monoisotopic (exact) mass is 424 g/mol. The second-order valence-electron chi connectivity index (χ2n) is 7.46. The van der Waals surface area contributed by atoms with Crippen LogP contribution in [0.4, 0.5) is 26.3 Å². The molecule has 0 amide bonds. The van der Waals surface area contributed by atoms with E-state index in [1.807, 2.05) is 0 Å². The van der Waals surface area contributed by atoms with Gasteiger partial charge in [-0.3, -0.25) is 9.35 Å². The van der Waals surface area contributed by atoms with E-state index in [1.165, 1.54) is 0 Å². The molecule has 27 heavy (non-hydrogen) atoms. The molecule has 1 N–H and O–H groups in total. The van der Waals surface area contributed by atoms with Crippen LogP contribution in [0.25, 0.3) is 0 Å². The van der Waals surface area contributed by atoms with Gasteiger partial charge < -0.3 is 4.74 Å². The molecule has 4 saturated carbocycles. The summed E-state index contributed by atoms with van der Waals surface area (Å²) >= 11 is 0. The van der Waals surface area contributed by atoms with Crippen molar-refractivity contribution in [2.24, 2.45) is 17.8 Å². The largest absolute Gasteiger partial charge is 0.458 e. The first kappa shape index (κ1) is 20.4. The molecule has 4 rings (SSSR count). The molecular weight excluding hydrogens is 410 g/mol. The number of esters is 1. The Labute approximate surface area is 149 Å². The van der Waals surface area contributed by atoms with Crippen molar-refractivity contribution in [3.05, 3.63) is 0 Å². The lowest BCUT2D eigenvalue weighted by atomic mass is 9.53. The molecule has 4 aliphatic carbocycles. The summed E-state index contributed by atoms with van der Waals surface area (Å²) in [5, 5.41) is -6.06. The summed E-state index contributed by atoms with van der Waals surface area (Å²) in [6, 6.07) is 0. The van der Waals surface area contributed by atoms with E-state index in [4.69, 9.17) is 4.55 Å². The molecule has 0 heterocycles. The first-order valence-electron chi connectivity index (χ1n) is 7.92. The predicted octanol–water partition coefficient (Wildman–Crippen LogP) is 2.43. The Hall–Kier alpha value is -1.37. The molecule has 0 aromatic heterocycles. The normalized spacial score (nSPS) is 35.8. The molecule has 6 nitrogen and oxygen atoms in total. The molecule has 3 atom stereocenters. The van der Waals surface area contributed by atoms with Crippen molar-refractivity contribution >= 4 is 21.9 Å². The topological polar surface area (TPSA) is 97.7 Å². The summed E-state index contributed by atoms with van der Waals surface area (Å²) in [5.41, 5.74) is -1.72. The van der Waals surface area contributed by atoms with E-state index in [9.17, 15) is 44.3 Å². The number of halogens is 6. The number of carbonyl (C=O) groups excluding carboxylic acids is 2. The van der Waals surface area contributed by atoms with Gasteiger partial charge in [0.25, 0.3) is 0 Å². The maximum atomic E-state index is 14.5. The number of rotatable bonds is 4. The maximum absolute atomic E-state index is 14.5. The van der Waals surface area contributed by atoms with Gasteiger partial charge in [-0.05, 0) is 38.0 Å². The smallest absolute Gasteiger partial charge is 0.456 e. The van der Waals surface area contributed by atoms with Gasteiger partial charge in [0, 0.05) is 11.8 Å². The molecule has 0 aliphatic heterocycles. The van der Waals surface area contributed by atoms with Crippen LogP contribution < -0.4 is 0 Å². The van der Waals surface area contributed by atoms with Gasteiger partial charge in [0.2, 0.25) is 0 Å². The van der Waals surface area contributed by atoms with Gasteiger partial charge >= 0.3 is 33.2 Å². The maximum Gasteiger partial charge on any atom is 0.458 e. The van der Waals surface area contributed by atoms with Gasteiger partial charge in [-0.15, -0.1) is 0 Å². The molecule has 154 valence electrons. The Bertz CT molecular complexity index is 774. The van der Waals surface area contributed by atoms with Gasteiger partial charge in [0.1, 0.15) is 11.4 Å². The minimum absolute atomic E-state index is 0.0157. The third kappa shape index (κ3) is 2.76. The number of ketones is 1. The van der Waals surface area contributed by atoms with Crippen molar-refractivity contribution in [2.75, 3.05) is 0 Å². The van der Waals surface area contributed by atoms with E-state index in [2.05, 4.69) is 4.74 Å². The van der Waals surface area contributed by atoms with Crippen LogP contribution in [0.3, 0.4) is 0 Å². The van der Waals surface area contributed by atoms with Gasteiger partial charge in [0.05, 0.1) is 0 Å². The van der Waals surface area contributed by atoms with Crippen LogP contribution in [-0.4, -0.2) is 47.4 Å². The number of hydrogen-bond acceptors (Lipinski definition) is 5. The van der Waals surface area contributed by atoms with Crippen LogP contribution in [0.2, 0.25) is 0 Å². The molecule has 4 bridgehead atoms. The zero-order valence-corrected chi connectivity index (χ0v) is 14.2. The molecular formula is C14H14F6O6S. The minimum atomic E-state index is -6.88. The number of Topliss-reactive ketones (excluding diaryl/α,β-unsaturated/α-hetero) is 1. The lowest BCUT2D eigenvalue weighted by Crippen LogP contribution is -2.65. The van der Waals surface area contributed by atoms with Crippen molar-refractivity contribution in [3.63, 3.8) is 0 Å². The molecule has 0 spiro atoms. The fraction of sp³-hybridized carbons (Fsp3) is 0.857. The SMILES string of the molecule is O=C1C2CC3CC1CC(OC(=O)C(F)(C(F)(F)C(F)(F)F)S(=O)(=O)O)(C3)C2. The van der Waals surface area contributed by atoms with E-state index in [1.54, 1.807) is 0 Å². The quantitative estimate of drug-likeness (QED) is 0.423.